The van der Waals surface area contributed by atoms with Gasteiger partial charge >= 0.3 is 6.42 Å². The quantitative estimate of drug-likeness (QED) is 0.182. The van der Waals surface area contributed by atoms with E-state index in [0.717, 1.165) is 4.48 Å². The fraction of sp³-hybridized carbons (Fsp3) is 0.143. The van der Waals surface area contributed by atoms with Crippen LogP contribution in [0.4, 0.5) is 17.5 Å². The number of hydrogen-bond donors (Lipinski definition) is 0. The van der Waals surface area contributed by atoms with E-state index in [1.54, 1.807) is 0 Å². The summed E-state index contributed by atoms with van der Waals surface area (Å²) in [6.07, 6.45) is -3.28. The van der Waals surface area contributed by atoms with E-state index in [9.17, 15) is 13.2 Å². The van der Waals surface area contributed by atoms with E-state index in [0.29, 0.717) is 16.7 Å². The molecule has 0 heterocycles. The first kappa shape index (κ1) is 26.3. The highest BCUT2D eigenvalue weighted by Gasteiger charge is 2.14. The van der Waals surface area contributed by atoms with Crippen molar-refractivity contribution in [3.63, 3.8) is 0 Å². The van der Waals surface area contributed by atoms with Crippen LogP contribution in [-0.4, -0.2) is 39.1 Å². The van der Waals surface area contributed by atoms with Crippen LogP contribution in [0.15, 0.2) is 72.8 Å². The largest absolute Gasteiger partial charge is 0.472 e. The standard InChI is InChI=1S/C24H12BF4.C4H12N/c26-22-7-1-19(2-8-22)13-16-25(29,17-14-20-3-9-23(27)10-4-20)18-15-21-5-11-24(28)12-6-21;1-5(2,3)4/h1-12H;1-4H3/q-1;+1. The zero-order valence-electron chi connectivity index (χ0n) is 19.5. The van der Waals surface area contributed by atoms with Crippen LogP contribution < -0.4 is 0 Å². The van der Waals surface area contributed by atoms with Gasteiger partial charge in [0.2, 0.25) is 0 Å². The molecule has 0 saturated carbocycles. The Kier molecular flexibility index (Phi) is 9.14. The van der Waals surface area contributed by atoms with Gasteiger partial charge in [0, 0.05) is 16.7 Å². The summed E-state index contributed by atoms with van der Waals surface area (Å²) in [5.74, 6) is 13.8. The summed E-state index contributed by atoms with van der Waals surface area (Å²) in [5, 5.41) is 0. The molecule has 3 aromatic carbocycles. The van der Waals surface area contributed by atoms with Crippen molar-refractivity contribution >= 4 is 6.42 Å². The summed E-state index contributed by atoms with van der Waals surface area (Å²) in [6, 6.07) is 15.8. The molecule has 172 valence electrons. The molecular weight excluding hydrogens is 437 g/mol. The Morgan fingerprint density at radius 2 is 0.706 bits per heavy atom. The maximum Gasteiger partial charge on any atom is 0.358 e. The second kappa shape index (κ2) is 11.8. The molecule has 0 saturated heterocycles. The maximum absolute atomic E-state index is 15.4. The Balaban J connectivity index is 0.000000739. The first-order valence-electron chi connectivity index (χ1n) is 10.4. The van der Waals surface area contributed by atoms with Gasteiger partial charge in [0.25, 0.3) is 0 Å². The van der Waals surface area contributed by atoms with Gasteiger partial charge in [-0.3, -0.25) is 0 Å². The summed E-state index contributed by atoms with van der Waals surface area (Å²) < 4.78 is 55.5. The topological polar surface area (TPSA) is 0 Å². The minimum atomic E-state index is -3.28. The summed E-state index contributed by atoms with van der Waals surface area (Å²) in [5.41, 5.74) is 1.22. The van der Waals surface area contributed by atoms with Crippen molar-refractivity contribution < 1.29 is 22.0 Å². The van der Waals surface area contributed by atoms with Crippen LogP contribution in [0.2, 0.25) is 0 Å². The van der Waals surface area contributed by atoms with Crippen LogP contribution in [-0.2, 0) is 0 Å². The third-order valence-electron chi connectivity index (χ3n) is 3.78. The molecule has 0 aliphatic rings. The molecule has 1 nitrogen and oxygen atoms in total. The van der Waals surface area contributed by atoms with E-state index in [-0.39, 0.29) is 0 Å². The summed E-state index contributed by atoms with van der Waals surface area (Å²) in [6.45, 7) is 0. The van der Waals surface area contributed by atoms with Gasteiger partial charge in [-0.05, 0) is 72.8 Å². The van der Waals surface area contributed by atoms with Gasteiger partial charge in [-0.15, -0.1) is 17.8 Å². The molecule has 0 amide bonds. The van der Waals surface area contributed by atoms with Gasteiger partial charge in [0.05, 0.1) is 28.2 Å². The van der Waals surface area contributed by atoms with Crippen molar-refractivity contribution in [2.24, 2.45) is 0 Å². The third-order valence-corrected chi connectivity index (χ3v) is 3.78. The number of halogens is 4. The highest BCUT2D eigenvalue weighted by Crippen LogP contribution is 2.08. The van der Waals surface area contributed by atoms with E-state index in [4.69, 9.17) is 0 Å². The SMILES string of the molecule is C[N+](C)(C)C.Fc1ccc(C#C[B-](F)(C#Cc2ccc(F)cc2)C#Cc2ccc(F)cc2)cc1. The molecule has 34 heavy (non-hydrogen) atoms. The molecule has 3 aromatic rings. The Morgan fingerprint density at radius 1 is 0.500 bits per heavy atom. The van der Waals surface area contributed by atoms with Crippen molar-refractivity contribution in [1.29, 1.82) is 0 Å². The Hall–Kier alpha value is -3.92. The van der Waals surface area contributed by atoms with Crippen LogP contribution in [0.1, 0.15) is 16.7 Å². The number of hydrogen-bond acceptors (Lipinski definition) is 0. The Labute approximate surface area is 199 Å². The summed E-state index contributed by atoms with van der Waals surface area (Å²) in [7, 11) is 8.50. The van der Waals surface area contributed by atoms with Crippen LogP contribution in [0.3, 0.4) is 0 Å². The lowest BCUT2D eigenvalue weighted by Gasteiger charge is -2.14. The average molecular weight is 461 g/mol. The molecule has 0 aliphatic heterocycles. The fourth-order valence-electron chi connectivity index (χ4n) is 2.26. The lowest BCUT2D eigenvalue weighted by atomic mass is 9.46. The third kappa shape index (κ3) is 10.6. The number of rotatable bonds is 0. The molecule has 3 rings (SSSR count). The Morgan fingerprint density at radius 3 is 0.912 bits per heavy atom. The van der Waals surface area contributed by atoms with Crippen molar-refractivity contribution in [3.8, 4) is 35.2 Å². The van der Waals surface area contributed by atoms with Crippen molar-refractivity contribution in [3.05, 3.63) is 107 Å². The molecule has 0 fully saturated rings. The molecule has 0 spiro atoms. The minimum Gasteiger partial charge on any atom is -0.472 e. The van der Waals surface area contributed by atoms with Gasteiger partial charge < -0.3 is 8.80 Å². The number of benzene rings is 3. The molecule has 0 unspecified atom stereocenters. The molecule has 0 N–H and O–H groups in total. The van der Waals surface area contributed by atoms with Crippen molar-refractivity contribution in [1.82, 2.24) is 0 Å². The number of nitrogens with zero attached hydrogens (tertiary/aromatic N) is 1. The van der Waals surface area contributed by atoms with E-state index in [1.165, 1.54) is 72.8 Å². The normalized spacial score (nSPS) is 10.2. The zero-order chi connectivity index (χ0) is 25.2. The first-order valence-corrected chi connectivity index (χ1v) is 10.4. The van der Waals surface area contributed by atoms with Crippen molar-refractivity contribution in [2.75, 3.05) is 28.2 Å². The molecular formula is C28H24BF4N. The smallest absolute Gasteiger partial charge is 0.358 e. The van der Waals surface area contributed by atoms with E-state index >= 15 is 4.32 Å². The van der Waals surface area contributed by atoms with Gasteiger partial charge in [-0.25, -0.2) is 30.6 Å². The first-order chi connectivity index (χ1) is 15.9. The van der Waals surface area contributed by atoms with Crippen LogP contribution in [0.5, 0.6) is 0 Å². The predicted octanol–water partition coefficient (Wildman–Crippen LogP) is 5.41. The van der Waals surface area contributed by atoms with E-state index < -0.39 is 23.9 Å². The highest BCUT2D eigenvalue weighted by molar-refractivity contribution is 6.95. The number of quaternary nitrogens is 1. The molecule has 6 heteroatoms. The lowest BCUT2D eigenvalue weighted by molar-refractivity contribution is -0.849. The lowest BCUT2D eigenvalue weighted by Crippen LogP contribution is -2.27. The second-order valence-electron chi connectivity index (χ2n) is 8.77. The molecule has 0 radical (unpaired) electrons. The average Bonchev–Trinajstić information content (AvgIpc) is 2.77. The van der Waals surface area contributed by atoms with Gasteiger partial charge in [0.1, 0.15) is 17.5 Å². The van der Waals surface area contributed by atoms with E-state index in [2.05, 4.69) is 63.4 Å². The Bertz CT molecular complexity index is 1110. The van der Waals surface area contributed by atoms with Gasteiger partial charge in [-0.2, -0.15) is 0 Å². The van der Waals surface area contributed by atoms with Gasteiger partial charge in [-0.1, -0.05) is 0 Å². The monoisotopic (exact) mass is 461 g/mol. The molecule has 0 bridgehead atoms. The van der Waals surface area contributed by atoms with Crippen molar-refractivity contribution in [2.45, 2.75) is 0 Å². The zero-order valence-corrected chi connectivity index (χ0v) is 19.5. The van der Waals surface area contributed by atoms with Crippen LogP contribution in [0, 0.1) is 52.7 Å². The van der Waals surface area contributed by atoms with Crippen LogP contribution >= 0.6 is 0 Å². The summed E-state index contributed by atoms with van der Waals surface area (Å²) >= 11 is 0. The molecule has 0 aliphatic carbocycles. The summed E-state index contributed by atoms with van der Waals surface area (Å²) in [4.78, 5) is 0. The van der Waals surface area contributed by atoms with E-state index in [1.807, 2.05) is 0 Å². The molecule has 0 aromatic heterocycles. The maximum atomic E-state index is 15.4. The highest BCUT2D eigenvalue weighted by atomic mass is 19.1. The fourth-order valence-corrected chi connectivity index (χ4v) is 2.26. The van der Waals surface area contributed by atoms with Gasteiger partial charge in [0.15, 0.2) is 0 Å². The second-order valence-corrected chi connectivity index (χ2v) is 8.77. The molecule has 0 atom stereocenters. The minimum absolute atomic E-state index is 0.405. The van der Waals surface area contributed by atoms with Crippen LogP contribution in [0.25, 0.3) is 0 Å². The predicted molar refractivity (Wildman–Crippen MR) is 131 cm³/mol.